The lowest BCUT2D eigenvalue weighted by Crippen LogP contribution is -2.32. The maximum absolute atomic E-state index is 12.4. The number of aryl methyl sites for hydroxylation is 1. The van der Waals surface area contributed by atoms with Gasteiger partial charge in [-0.2, -0.15) is 0 Å². The van der Waals surface area contributed by atoms with Crippen LogP contribution in [0.4, 0.5) is 5.69 Å². The van der Waals surface area contributed by atoms with Crippen LogP contribution >= 0.6 is 0 Å². The van der Waals surface area contributed by atoms with Gasteiger partial charge in [0.05, 0.1) is 12.7 Å². The fraction of sp³-hybridized carbons (Fsp3) is 0.263. The average Bonchev–Trinajstić information content (AvgIpc) is 2.59. The Hall–Kier alpha value is -2.82. The molecule has 0 aromatic heterocycles. The lowest BCUT2D eigenvalue weighted by Gasteiger charge is -2.17. The summed E-state index contributed by atoms with van der Waals surface area (Å²) in [5.74, 6) is -0.0597. The predicted octanol–water partition coefficient (Wildman–Crippen LogP) is 3.58. The third-order valence-electron chi connectivity index (χ3n) is 3.48. The van der Waals surface area contributed by atoms with Crippen LogP contribution in [-0.2, 0) is 9.53 Å². The van der Waals surface area contributed by atoms with E-state index in [-0.39, 0.29) is 5.91 Å². The van der Waals surface area contributed by atoms with Crippen LogP contribution in [0, 0.1) is 6.92 Å². The molecule has 126 valence electrons. The van der Waals surface area contributed by atoms with Crippen molar-refractivity contribution in [1.29, 1.82) is 0 Å². The molecule has 0 saturated heterocycles. The van der Waals surface area contributed by atoms with Crippen molar-refractivity contribution in [3.05, 3.63) is 59.7 Å². The van der Waals surface area contributed by atoms with Gasteiger partial charge in [0, 0.05) is 5.69 Å². The monoisotopic (exact) mass is 327 g/mol. The van der Waals surface area contributed by atoms with Crippen molar-refractivity contribution < 1.29 is 19.1 Å². The van der Waals surface area contributed by atoms with Crippen LogP contribution in [0.3, 0.4) is 0 Å². The lowest BCUT2D eigenvalue weighted by molar-refractivity contribution is -0.122. The summed E-state index contributed by atoms with van der Waals surface area (Å²) in [6, 6.07) is 14.1. The molecule has 2 aromatic rings. The highest BCUT2D eigenvalue weighted by Crippen LogP contribution is 2.17. The molecule has 5 nitrogen and oxygen atoms in total. The molecule has 0 bridgehead atoms. The topological polar surface area (TPSA) is 64.6 Å². The van der Waals surface area contributed by atoms with Crippen LogP contribution in [-0.4, -0.2) is 25.1 Å². The number of hydrogen-bond donors (Lipinski definition) is 1. The van der Waals surface area contributed by atoms with Gasteiger partial charge in [-0.15, -0.1) is 0 Å². The quantitative estimate of drug-likeness (QED) is 0.824. The van der Waals surface area contributed by atoms with E-state index < -0.39 is 12.1 Å². The highest BCUT2D eigenvalue weighted by molar-refractivity contribution is 5.96. The van der Waals surface area contributed by atoms with Crippen LogP contribution < -0.4 is 10.1 Å². The summed E-state index contributed by atoms with van der Waals surface area (Å²) in [5, 5.41) is 2.78. The smallest absolute Gasteiger partial charge is 0.337 e. The predicted molar refractivity (Wildman–Crippen MR) is 92.3 cm³/mol. The molecule has 0 saturated carbocycles. The molecule has 0 aliphatic rings. The van der Waals surface area contributed by atoms with Crippen molar-refractivity contribution >= 4 is 17.6 Å². The van der Waals surface area contributed by atoms with Gasteiger partial charge in [-0.05, 0) is 49.2 Å². The molecule has 0 radical (unpaired) electrons. The van der Waals surface area contributed by atoms with E-state index in [4.69, 9.17) is 4.74 Å². The normalized spacial score (nSPS) is 11.5. The van der Waals surface area contributed by atoms with E-state index in [1.165, 1.54) is 7.11 Å². The van der Waals surface area contributed by atoms with Gasteiger partial charge in [-0.1, -0.05) is 25.1 Å². The van der Waals surface area contributed by atoms with Gasteiger partial charge in [0.25, 0.3) is 5.91 Å². The van der Waals surface area contributed by atoms with Gasteiger partial charge in [0.2, 0.25) is 0 Å². The minimum absolute atomic E-state index is 0.263. The van der Waals surface area contributed by atoms with Crippen molar-refractivity contribution in [1.82, 2.24) is 0 Å². The maximum Gasteiger partial charge on any atom is 0.337 e. The molecule has 0 spiro atoms. The van der Waals surface area contributed by atoms with Gasteiger partial charge in [-0.3, -0.25) is 4.79 Å². The SMILES string of the molecule is CC[C@@H](Oc1cccc(C)c1)C(=O)Nc1cccc(C(=O)OC)c1. The number of ether oxygens (including phenoxy) is 2. The third kappa shape index (κ3) is 4.59. The third-order valence-corrected chi connectivity index (χ3v) is 3.48. The van der Waals surface area contributed by atoms with Crippen LogP contribution in [0.25, 0.3) is 0 Å². The summed E-state index contributed by atoms with van der Waals surface area (Å²) < 4.78 is 10.5. The Morgan fingerprint density at radius 2 is 1.88 bits per heavy atom. The van der Waals surface area contributed by atoms with E-state index in [0.717, 1.165) is 5.56 Å². The minimum Gasteiger partial charge on any atom is -0.481 e. The number of carbonyl (C=O) groups is 2. The fourth-order valence-corrected chi connectivity index (χ4v) is 2.24. The second-order valence-electron chi connectivity index (χ2n) is 5.39. The number of rotatable bonds is 6. The summed E-state index contributed by atoms with van der Waals surface area (Å²) >= 11 is 0. The minimum atomic E-state index is -0.617. The standard InChI is InChI=1S/C19H21NO4/c1-4-17(24-16-10-5-7-13(2)11-16)18(21)20-15-9-6-8-14(12-15)19(22)23-3/h5-12,17H,4H2,1-3H3,(H,20,21)/t17-/m1/s1. The molecule has 0 heterocycles. The number of carbonyl (C=O) groups excluding carboxylic acids is 2. The zero-order chi connectivity index (χ0) is 17.5. The second kappa shape index (κ2) is 8.15. The molecule has 1 atom stereocenters. The molecule has 0 aliphatic heterocycles. The first-order valence-electron chi connectivity index (χ1n) is 7.76. The summed E-state index contributed by atoms with van der Waals surface area (Å²) in [7, 11) is 1.32. The first-order valence-corrected chi connectivity index (χ1v) is 7.76. The van der Waals surface area contributed by atoms with Gasteiger partial charge in [0.15, 0.2) is 6.10 Å². The number of anilines is 1. The molecule has 1 amide bonds. The summed E-state index contributed by atoms with van der Waals surface area (Å²) in [5.41, 5.74) is 1.96. The van der Waals surface area contributed by atoms with E-state index in [1.807, 2.05) is 38.1 Å². The molecular formula is C19H21NO4. The van der Waals surface area contributed by atoms with E-state index in [0.29, 0.717) is 23.4 Å². The molecular weight excluding hydrogens is 306 g/mol. The van der Waals surface area contributed by atoms with E-state index >= 15 is 0 Å². The van der Waals surface area contributed by atoms with Crippen molar-refractivity contribution in [3.63, 3.8) is 0 Å². The van der Waals surface area contributed by atoms with Crippen LogP contribution in [0.1, 0.15) is 29.3 Å². The highest BCUT2D eigenvalue weighted by Gasteiger charge is 2.19. The molecule has 5 heteroatoms. The van der Waals surface area contributed by atoms with E-state index in [1.54, 1.807) is 24.3 Å². The Morgan fingerprint density at radius 3 is 2.54 bits per heavy atom. The van der Waals surface area contributed by atoms with Crippen molar-refractivity contribution in [2.45, 2.75) is 26.4 Å². The fourth-order valence-electron chi connectivity index (χ4n) is 2.24. The average molecular weight is 327 g/mol. The molecule has 0 fully saturated rings. The molecule has 2 aromatic carbocycles. The summed E-state index contributed by atoms with van der Waals surface area (Å²) in [4.78, 5) is 24.0. The maximum atomic E-state index is 12.4. The van der Waals surface area contributed by atoms with Gasteiger partial charge in [0.1, 0.15) is 5.75 Å². The van der Waals surface area contributed by atoms with E-state index in [9.17, 15) is 9.59 Å². The van der Waals surface area contributed by atoms with Gasteiger partial charge >= 0.3 is 5.97 Å². The van der Waals surface area contributed by atoms with Crippen LogP contribution in [0.5, 0.6) is 5.75 Å². The Bertz CT molecular complexity index is 727. The largest absolute Gasteiger partial charge is 0.481 e. The molecule has 0 unspecified atom stereocenters. The number of methoxy groups -OCH3 is 1. The number of amides is 1. The highest BCUT2D eigenvalue weighted by atomic mass is 16.5. The van der Waals surface area contributed by atoms with E-state index in [2.05, 4.69) is 10.1 Å². The van der Waals surface area contributed by atoms with Crippen LogP contribution in [0.2, 0.25) is 0 Å². The molecule has 1 N–H and O–H groups in total. The van der Waals surface area contributed by atoms with Crippen LogP contribution in [0.15, 0.2) is 48.5 Å². The Kier molecular flexibility index (Phi) is 5.95. The summed E-state index contributed by atoms with van der Waals surface area (Å²) in [6.45, 7) is 3.84. The van der Waals surface area contributed by atoms with Crippen molar-refractivity contribution in [3.8, 4) is 5.75 Å². The molecule has 0 aliphatic carbocycles. The number of nitrogens with one attached hydrogen (secondary N) is 1. The first kappa shape index (κ1) is 17.5. The zero-order valence-electron chi connectivity index (χ0n) is 14.0. The first-order chi connectivity index (χ1) is 11.5. The van der Waals surface area contributed by atoms with Gasteiger partial charge < -0.3 is 14.8 Å². The number of benzene rings is 2. The van der Waals surface area contributed by atoms with Crippen molar-refractivity contribution in [2.75, 3.05) is 12.4 Å². The number of hydrogen-bond acceptors (Lipinski definition) is 4. The van der Waals surface area contributed by atoms with Gasteiger partial charge in [-0.25, -0.2) is 4.79 Å². The van der Waals surface area contributed by atoms with Crippen molar-refractivity contribution in [2.24, 2.45) is 0 Å². The lowest BCUT2D eigenvalue weighted by atomic mass is 10.2. The zero-order valence-corrected chi connectivity index (χ0v) is 14.0. The molecule has 2 rings (SSSR count). The summed E-state index contributed by atoms with van der Waals surface area (Å²) in [6.07, 6.45) is -0.0928. The number of esters is 1. The second-order valence-corrected chi connectivity index (χ2v) is 5.39. The Balaban J connectivity index is 2.08. The Morgan fingerprint density at radius 1 is 1.12 bits per heavy atom. The Labute approximate surface area is 141 Å². The molecule has 24 heavy (non-hydrogen) atoms.